The number of rotatable bonds is 4. The van der Waals surface area contributed by atoms with Crippen molar-refractivity contribution >= 4 is 35.0 Å². The van der Waals surface area contributed by atoms with Gasteiger partial charge in [0.2, 0.25) is 5.91 Å². The first-order valence-corrected chi connectivity index (χ1v) is 10.1. The van der Waals surface area contributed by atoms with Gasteiger partial charge >= 0.3 is 0 Å². The van der Waals surface area contributed by atoms with Gasteiger partial charge in [-0.1, -0.05) is 29.8 Å². The standard InChI is InChI=1S/C23H20N2O3S/c1-14-7-10-17(11-8-14)28-20-6-4-3-5-18(20)24-23(27)16-9-12-21-19(13-16)25-22(26)15(2)29-21/h3-13,15H,1-2H3,(H,24,27)(H,25,26)/t15-/m0/s1. The summed E-state index contributed by atoms with van der Waals surface area (Å²) in [7, 11) is 0. The Morgan fingerprint density at radius 1 is 1.07 bits per heavy atom. The van der Waals surface area contributed by atoms with Crippen LogP contribution >= 0.6 is 11.8 Å². The van der Waals surface area contributed by atoms with E-state index in [-0.39, 0.29) is 17.1 Å². The van der Waals surface area contributed by atoms with Crippen molar-refractivity contribution < 1.29 is 14.3 Å². The van der Waals surface area contributed by atoms with E-state index in [0.717, 1.165) is 10.5 Å². The smallest absolute Gasteiger partial charge is 0.255 e. The second-order valence-electron chi connectivity index (χ2n) is 6.83. The summed E-state index contributed by atoms with van der Waals surface area (Å²) in [5.41, 5.74) is 2.84. The van der Waals surface area contributed by atoms with Gasteiger partial charge in [-0.05, 0) is 56.3 Å². The van der Waals surface area contributed by atoms with E-state index in [1.54, 1.807) is 24.3 Å². The van der Waals surface area contributed by atoms with Crippen molar-refractivity contribution in [3.8, 4) is 11.5 Å². The summed E-state index contributed by atoms with van der Waals surface area (Å²) < 4.78 is 5.94. The van der Waals surface area contributed by atoms with E-state index in [2.05, 4.69) is 10.6 Å². The Hall–Kier alpha value is -3.25. The molecule has 0 bridgehead atoms. The van der Waals surface area contributed by atoms with Crippen molar-refractivity contribution in [1.29, 1.82) is 0 Å². The summed E-state index contributed by atoms with van der Waals surface area (Å²) in [6.07, 6.45) is 0. The number of carbonyl (C=O) groups is 2. The lowest BCUT2D eigenvalue weighted by Gasteiger charge is -2.21. The molecular formula is C23H20N2O3S. The van der Waals surface area contributed by atoms with Crippen LogP contribution in [0, 0.1) is 6.92 Å². The minimum atomic E-state index is -0.273. The summed E-state index contributed by atoms with van der Waals surface area (Å²) in [5, 5.41) is 5.61. The molecule has 1 atom stereocenters. The van der Waals surface area contributed by atoms with Crippen LogP contribution in [0.25, 0.3) is 0 Å². The number of nitrogens with one attached hydrogen (secondary N) is 2. The number of hydrogen-bond donors (Lipinski definition) is 2. The van der Waals surface area contributed by atoms with E-state index in [0.29, 0.717) is 28.4 Å². The molecule has 29 heavy (non-hydrogen) atoms. The normalized spacial score (nSPS) is 15.2. The molecule has 0 saturated heterocycles. The van der Waals surface area contributed by atoms with Crippen LogP contribution in [-0.4, -0.2) is 17.1 Å². The van der Waals surface area contributed by atoms with Gasteiger partial charge < -0.3 is 15.4 Å². The Bertz CT molecular complexity index is 1080. The molecule has 1 aliphatic heterocycles. The van der Waals surface area contributed by atoms with Gasteiger partial charge in [0.15, 0.2) is 5.75 Å². The number of aryl methyl sites for hydroxylation is 1. The molecule has 0 aromatic heterocycles. The summed E-state index contributed by atoms with van der Waals surface area (Å²) in [6.45, 7) is 3.87. The van der Waals surface area contributed by atoms with E-state index in [1.807, 2.05) is 56.3 Å². The van der Waals surface area contributed by atoms with E-state index in [1.165, 1.54) is 11.8 Å². The zero-order chi connectivity index (χ0) is 20.4. The maximum atomic E-state index is 12.8. The van der Waals surface area contributed by atoms with Crippen LogP contribution in [0.1, 0.15) is 22.8 Å². The van der Waals surface area contributed by atoms with E-state index < -0.39 is 0 Å². The lowest BCUT2D eigenvalue weighted by molar-refractivity contribution is -0.115. The Kier molecular flexibility index (Phi) is 5.27. The zero-order valence-corrected chi connectivity index (χ0v) is 16.9. The van der Waals surface area contributed by atoms with Gasteiger partial charge in [-0.3, -0.25) is 9.59 Å². The van der Waals surface area contributed by atoms with Crippen LogP contribution in [0.2, 0.25) is 0 Å². The number of para-hydroxylation sites is 2. The van der Waals surface area contributed by atoms with Crippen LogP contribution in [-0.2, 0) is 4.79 Å². The van der Waals surface area contributed by atoms with E-state index in [4.69, 9.17) is 4.74 Å². The molecule has 1 aliphatic rings. The lowest BCUT2D eigenvalue weighted by atomic mass is 10.1. The Balaban J connectivity index is 1.54. The number of fused-ring (bicyclic) bond motifs is 1. The van der Waals surface area contributed by atoms with Crippen LogP contribution in [0.15, 0.2) is 71.6 Å². The summed E-state index contributed by atoms with van der Waals surface area (Å²) in [6, 6.07) is 20.3. The highest BCUT2D eigenvalue weighted by atomic mass is 32.2. The molecule has 0 radical (unpaired) electrons. The highest BCUT2D eigenvalue weighted by Gasteiger charge is 2.24. The van der Waals surface area contributed by atoms with Crippen LogP contribution in [0.3, 0.4) is 0 Å². The van der Waals surface area contributed by atoms with Crippen molar-refractivity contribution in [1.82, 2.24) is 0 Å². The molecule has 146 valence electrons. The maximum Gasteiger partial charge on any atom is 0.255 e. The second-order valence-corrected chi connectivity index (χ2v) is 8.21. The average molecular weight is 404 g/mol. The third-order valence-corrected chi connectivity index (χ3v) is 5.73. The number of amides is 2. The maximum absolute atomic E-state index is 12.8. The van der Waals surface area contributed by atoms with Gasteiger partial charge in [0.05, 0.1) is 16.6 Å². The highest BCUT2D eigenvalue weighted by molar-refractivity contribution is 8.00. The van der Waals surface area contributed by atoms with Gasteiger partial charge in [-0.25, -0.2) is 0 Å². The van der Waals surface area contributed by atoms with Gasteiger partial charge in [0, 0.05) is 10.5 Å². The molecule has 3 aromatic rings. The largest absolute Gasteiger partial charge is 0.455 e. The quantitative estimate of drug-likeness (QED) is 0.605. The van der Waals surface area contributed by atoms with Gasteiger partial charge in [0.25, 0.3) is 5.91 Å². The van der Waals surface area contributed by atoms with Gasteiger partial charge in [0.1, 0.15) is 5.75 Å². The zero-order valence-electron chi connectivity index (χ0n) is 16.1. The van der Waals surface area contributed by atoms with Crippen molar-refractivity contribution in [2.45, 2.75) is 24.0 Å². The fraction of sp³-hybridized carbons (Fsp3) is 0.130. The second kappa shape index (κ2) is 8.01. The Morgan fingerprint density at radius 3 is 2.62 bits per heavy atom. The van der Waals surface area contributed by atoms with Crippen LogP contribution in [0.4, 0.5) is 11.4 Å². The molecule has 0 spiro atoms. The molecule has 0 fully saturated rings. The highest BCUT2D eigenvalue weighted by Crippen LogP contribution is 2.36. The monoisotopic (exact) mass is 404 g/mol. The number of ether oxygens (including phenoxy) is 1. The molecule has 6 heteroatoms. The fourth-order valence-corrected chi connectivity index (χ4v) is 3.87. The third-order valence-electron chi connectivity index (χ3n) is 4.56. The van der Waals surface area contributed by atoms with Crippen molar-refractivity contribution in [2.24, 2.45) is 0 Å². The minimum Gasteiger partial charge on any atom is -0.455 e. The molecule has 0 saturated carbocycles. The number of thioether (sulfide) groups is 1. The van der Waals surface area contributed by atoms with E-state index >= 15 is 0 Å². The van der Waals surface area contributed by atoms with Crippen molar-refractivity contribution in [3.63, 3.8) is 0 Å². The third kappa shape index (κ3) is 4.27. The SMILES string of the molecule is Cc1ccc(Oc2ccccc2NC(=O)c2ccc3c(c2)NC(=O)[C@H](C)S3)cc1. The number of carbonyl (C=O) groups excluding carboxylic acids is 2. The Labute approximate surface area is 173 Å². The predicted octanol–water partition coefficient (Wildman–Crippen LogP) is 5.47. The first kappa shape index (κ1) is 19.1. The molecule has 3 aromatic carbocycles. The molecule has 4 rings (SSSR count). The molecule has 0 unspecified atom stereocenters. The van der Waals surface area contributed by atoms with Gasteiger partial charge in [-0.15, -0.1) is 11.8 Å². The number of benzene rings is 3. The van der Waals surface area contributed by atoms with Crippen molar-refractivity contribution in [2.75, 3.05) is 10.6 Å². The molecule has 1 heterocycles. The molecule has 5 nitrogen and oxygen atoms in total. The van der Waals surface area contributed by atoms with Crippen LogP contribution in [0.5, 0.6) is 11.5 Å². The Morgan fingerprint density at radius 2 is 1.83 bits per heavy atom. The van der Waals surface area contributed by atoms with Crippen molar-refractivity contribution in [3.05, 3.63) is 77.9 Å². The number of anilines is 2. The van der Waals surface area contributed by atoms with Crippen LogP contribution < -0.4 is 15.4 Å². The van der Waals surface area contributed by atoms with E-state index in [9.17, 15) is 9.59 Å². The predicted molar refractivity (Wildman–Crippen MR) is 116 cm³/mol. The topological polar surface area (TPSA) is 67.4 Å². The minimum absolute atomic E-state index is 0.0584. The first-order valence-electron chi connectivity index (χ1n) is 9.26. The summed E-state index contributed by atoms with van der Waals surface area (Å²) >= 11 is 1.49. The summed E-state index contributed by atoms with van der Waals surface area (Å²) in [5.74, 6) is 0.919. The molecular weight excluding hydrogens is 384 g/mol. The fourth-order valence-electron chi connectivity index (χ4n) is 2.94. The average Bonchev–Trinajstić information content (AvgIpc) is 2.71. The first-order chi connectivity index (χ1) is 14.0. The van der Waals surface area contributed by atoms with Gasteiger partial charge in [-0.2, -0.15) is 0 Å². The lowest BCUT2D eigenvalue weighted by Crippen LogP contribution is -2.26. The molecule has 0 aliphatic carbocycles. The molecule has 2 N–H and O–H groups in total. The summed E-state index contributed by atoms with van der Waals surface area (Å²) in [4.78, 5) is 25.7. The molecule has 2 amide bonds. The number of hydrogen-bond acceptors (Lipinski definition) is 4.